The van der Waals surface area contributed by atoms with Gasteiger partial charge in [-0.1, -0.05) is 24.3 Å². The van der Waals surface area contributed by atoms with E-state index in [4.69, 9.17) is 22.5 Å². The fourth-order valence-corrected chi connectivity index (χ4v) is 3.37. The Hall–Kier alpha value is -4.45. The molecule has 0 aliphatic heterocycles. The van der Waals surface area contributed by atoms with Crippen LogP contribution in [0.15, 0.2) is 57.7 Å². The molecule has 0 saturated carbocycles. The van der Waals surface area contributed by atoms with Crippen LogP contribution in [0, 0.1) is 12.4 Å². The second-order valence-corrected chi connectivity index (χ2v) is 6.82. The number of aromatic nitrogens is 2. The van der Waals surface area contributed by atoms with E-state index in [1.807, 2.05) is 0 Å². The Bertz CT molecular complexity index is 1410. The minimum absolute atomic E-state index is 0.0152. The first-order valence-corrected chi connectivity index (χ1v) is 9.27. The summed E-state index contributed by atoms with van der Waals surface area (Å²) in [7, 11) is 0. The largest absolute Gasteiger partial charge is 0.455 e. The predicted molar refractivity (Wildman–Crippen MR) is 117 cm³/mol. The van der Waals surface area contributed by atoms with Crippen LogP contribution < -0.4 is 22.2 Å². The Morgan fingerprint density at radius 1 is 1.16 bits per heavy atom. The highest BCUT2D eigenvalue weighted by molar-refractivity contribution is 5.82. The maximum absolute atomic E-state index is 13.9. The van der Waals surface area contributed by atoms with Gasteiger partial charge in [0.1, 0.15) is 28.8 Å². The van der Waals surface area contributed by atoms with Crippen molar-refractivity contribution in [3.63, 3.8) is 0 Å². The van der Waals surface area contributed by atoms with Crippen molar-refractivity contribution in [3.05, 3.63) is 81.6 Å². The van der Waals surface area contributed by atoms with Crippen LogP contribution in [0.3, 0.4) is 0 Å². The number of nitrogen functional groups attached to an aromatic ring is 2. The first-order chi connectivity index (χ1) is 14.9. The molecule has 4 rings (SSSR count). The molecule has 4 aromatic rings. The molecule has 0 spiro atoms. The van der Waals surface area contributed by atoms with Crippen LogP contribution in [0.2, 0.25) is 0 Å². The average Bonchev–Trinajstić information content (AvgIpc) is 2.73. The van der Waals surface area contributed by atoms with Crippen LogP contribution in [-0.2, 0) is 0 Å². The van der Waals surface area contributed by atoms with Gasteiger partial charge in [0.2, 0.25) is 5.95 Å². The summed E-state index contributed by atoms with van der Waals surface area (Å²) in [5, 5.41) is 3.38. The molecular weight excluding hydrogens is 399 g/mol. The summed E-state index contributed by atoms with van der Waals surface area (Å²) in [6.07, 6.45) is 0. The third-order valence-electron chi connectivity index (χ3n) is 4.75. The molecule has 1 atom stereocenters. The Balaban J connectivity index is 1.93. The van der Waals surface area contributed by atoms with Gasteiger partial charge in [0.15, 0.2) is 5.43 Å². The van der Waals surface area contributed by atoms with Crippen LogP contribution in [0.25, 0.3) is 27.1 Å². The van der Waals surface area contributed by atoms with E-state index >= 15 is 0 Å². The van der Waals surface area contributed by atoms with Gasteiger partial charge in [0, 0.05) is 5.56 Å². The van der Waals surface area contributed by atoms with Gasteiger partial charge < -0.3 is 21.2 Å². The summed E-state index contributed by atoms with van der Waals surface area (Å²) in [6, 6.07) is 11.9. The first kappa shape index (κ1) is 19.8. The van der Waals surface area contributed by atoms with E-state index in [2.05, 4.69) is 20.1 Å². The van der Waals surface area contributed by atoms with Crippen LogP contribution in [0.5, 0.6) is 0 Å². The molecule has 0 aliphatic rings. The fraction of sp³-hybridized carbons (Fsp3) is 0.0909. The maximum Gasteiger partial charge on any atom is 0.268 e. The summed E-state index contributed by atoms with van der Waals surface area (Å²) < 4.78 is 19.9. The van der Waals surface area contributed by atoms with E-state index < -0.39 is 11.9 Å². The molecule has 2 heterocycles. The molecule has 2 aromatic carbocycles. The second-order valence-electron chi connectivity index (χ2n) is 6.82. The lowest BCUT2D eigenvalue weighted by molar-refractivity contribution is 0.599. The number of rotatable bonds is 4. The number of nitrogens with one attached hydrogen (secondary N) is 1. The molecule has 8 nitrogen and oxygen atoms in total. The lowest BCUT2D eigenvalue weighted by Gasteiger charge is -2.19. The molecule has 1 unspecified atom stereocenters. The quantitative estimate of drug-likeness (QED) is 0.424. The van der Waals surface area contributed by atoms with Gasteiger partial charge >= 0.3 is 0 Å². The molecule has 31 heavy (non-hydrogen) atoms. The number of anilines is 3. The highest BCUT2D eigenvalue weighted by atomic mass is 19.1. The fourth-order valence-electron chi connectivity index (χ4n) is 3.37. The van der Waals surface area contributed by atoms with Gasteiger partial charge in [-0.05, 0) is 31.2 Å². The van der Waals surface area contributed by atoms with Gasteiger partial charge in [0.25, 0.3) is 5.69 Å². The van der Waals surface area contributed by atoms with E-state index in [0.717, 1.165) is 0 Å². The van der Waals surface area contributed by atoms with Crippen molar-refractivity contribution in [1.82, 2.24) is 9.97 Å². The van der Waals surface area contributed by atoms with Gasteiger partial charge in [-0.15, -0.1) is 0 Å². The number of halogens is 1. The first-order valence-electron chi connectivity index (χ1n) is 9.27. The number of benzene rings is 2. The summed E-state index contributed by atoms with van der Waals surface area (Å²) >= 11 is 0. The summed E-state index contributed by atoms with van der Waals surface area (Å²) in [5.41, 5.74) is 12.2. The number of nitrogens with two attached hydrogens (primary N) is 2. The normalized spacial score (nSPS) is 11.8. The van der Waals surface area contributed by atoms with Crippen molar-refractivity contribution < 1.29 is 8.81 Å². The smallest absolute Gasteiger partial charge is 0.268 e. The minimum Gasteiger partial charge on any atom is -0.455 e. The Morgan fingerprint density at radius 3 is 2.68 bits per heavy atom. The van der Waals surface area contributed by atoms with Crippen molar-refractivity contribution in [2.24, 2.45) is 0 Å². The monoisotopic (exact) mass is 416 g/mol. The van der Waals surface area contributed by atoms with Crippen LogP contribution in [-0.4, -0.2) is 9.97 Å². The molecule has 2 aromatic heterocycles. The molecule has 5 N–H and O–H groups in total. The SMILES string of the molecule is [C-]#[N+]c1c(N)nc(N)nc1NC(C)c1c(-c2cccc(F)c2)oc2ccccc2c1=O. The second kappa shape index (κ2) is 7.76. The minimum atomic E-state index is -0.687. The molecule has 0 saturated heterocycles. The summed E-state index contributed by atoms with van der Waals surface area (Å²) in [6.45, 7) is 9.06. The van der Waals surface area contributed by atoms with E-state index in [9.17, 15) is 9.18 Å². The van der Waals surface area contributed by atoms with E-state index in [0.29, 0.717) is 16.5 Å². The van der Waals surface area contributed by atoms with Crippen molar-refractivity contribution in [1.29, 1.82) is 0 Å². The maximum atomic E-state index is 13.9. The van der Waals surface area contributed by atoms with E-state index in [1.165, 1.54) is 18.2 Å². The molecule has 0 radical (unpaired) electrons. The van der Waals surface area contributed by atoms with Crippen molar-refractivity contribution in [2.45, 2.75) is 13.0 Å². The van der Waals surface area contributed by atoms with Crippen LogP contribution in [0.1, 0.15) is 18.5 Å². The van der Waals surface area contributed by atoms with Crippen molar-refractivity contribution in [3.8, 4) is 11.3 Å². The number of para-hydroxylation sites is 1. The van der Waals surface area contributed by atoms with Crippen LogP contribution in [0.4, 0.5) is 27.7 Å². The molecule has 0 aliphatic carbocycles. The summed E-state index contributed by atoms with van der Waals surface area (Å²) in [4.78, 5) is 24.6. The summed E-state index contributed by atoms with van der Waals surface area (Å²) in [5.74, 6) is -0.358. The van der Waals surface area contributed by atoms with Gasteiger partial charge in [0.05, 0.1) is 23.6 Å². The number of hydrogen-bond acceptors (Lipinski definition) is 7. The standard InChI is InChI=1S/C22H17FN6O2/c1-11(27-21-17(26-2)20(24)28-22(25)29-21)16-18(30)14-8-3-4-9-15(14)31-19(16)12-6-5-7-13(23)10-12/h3-11H,1H3,(H5,24,25,27,28,29). The molecule has 9 heteroatoms. The number of fused-ring (bicyclic) bond motifs is 1. The molecule has 0 fully saturated rings. The Kier molecular flexibility index (Phi) is 4.97. The topological polar surface area (TPSA) is 124 Å². The third kappa shape index (κ3) is 3.62. The highest BCUT2D eigenvalue weighted by Crippen LogP contribution is 2.35. The average molecular weight is 416 g/mol. The van der Waals surface area contributed by atoms with Gasteiger partial charge in [-0.25, -0.2) is 19.2 Å². The third-order valence-corrected chi connectivity index (χ3v) is 4.75. The molecule has 0 amide bonds. The van der Waals surface area contributed by atoms with Crippen molar-refractivity contribution in [2.75, 3.05) is 16.8 Å². The van der Waals surface area contributed by atoms with Gasteiger partial charge in [-0.3, -0.25) is 4.79 Å². The van der Waals surface area contributed by atoms with E-state index in [1.54, 1.807) is 37.3 Å². The van der Waals surface area contributed by atoms with Crippen LogP contribution >= 0.6 is 0 Å². The Labute approximate surface area is 176 Å². The number of hydrogen-bond donors (Lipinski definition) is 3. The zero-order valence-corrected chi connectivity index (χ0v) is 16.4. The number of nitrogens with zero attached hydrogens (tertiary/aromatic N) is 3. The predicted octanol–water partition coefficient (Wildman–Crippen LogP) is 4.28. The zero-order chi connectivity index (χ0) is 22.1. The highest BCUT2D eigenvalue weighted by Gasteiger charge is 2.23. The van der Waals surface area contributed by atoms with Crippen molar-refractivity contribution >= 4 is 34.2 Å². The molecular formula is C22H17FN6O2. The Morgan fingerprint density at radius 2 is 1.94 bits per heavy atom. The van der Waals surface area contributed by atoms with E-state index in [-0.39, 0.29) is 40.0 Å². The lowest BCUT2D eigenvalue weighted by atomic mass is 9.99. The zero-order valence-electron chi connectivity index (χ0n) is 16.4. The van der Waals surface area contributed by atoms with Gasteiger partial charge in [-0.2, -0.15) is 0 Å². The molecule has 154 valence electrons. The lowest BCUT2D eigenvalue weighted by Crippen LogP contribution is -2.20. The molecule has 0 bridgehead atoms.